The minimum atomic E-state index is -3.41. The van der Waals surface area contributed by atoms with Crippen LogP contribution in [0, 0.1) is 0 Å². The molecule has 74 valence electrons. The van der Waals surface area contributed by atoms with E-state index in [-0.39, 0.29) is 9.85 Å². The van der Waals surface area contributed by atoms with E-state index in [4.69, 9.17) is 0 Å². The van der Waals surface area contributed by atoms with Gasteiger partial charge in [0, 0.05) is 11.4 Å². The summed E-state index contributed by atoms with van der Waals surface area (Å²) >= 11 is 3.24. The number of alkyl halides is 1. The summed E-state index contributed by atoms with van der Waals surface area (Å²) in [4.78, 5) is 0.102. The Morgan fingerprint density at radius 3 is 2.92 bits per heavy atom. The van der Waals surface area contributed by atoms with Gasteiger partial charge in [-0.1, -0.05) is 22.9 Å². The molecule has 1 aromatic rings. The number of hydrogen-bond donors (Lipinski definition) is 2. The first-order chi connectivity index (χ1) is 6.02. The summed E-state index contributed by atoms with van der Waals surface area (Å²) in [5.74, 6) is 0. The summed E-state index contributed by atoms with van der Waals surface area (Å²) in [6.07, 6.45) is 1.39. The van der Waals surface area contributed by atoms with Crippen LogP contribution in [-0.4, -0.2) is 30.0 Å². The van der Waals surface area contributed by atoms with Crippen molar-refractivity contribution >= 4 is 26.0 Å². The number of hydrogen-bond acceptors (Lipinski definition) is 3. The Morgan fingerprint density at radius 2 is 2.46 bits per heavy atom. The molecule has 0 aromatic carbocycles. The van der Waals surface area contributed by atoms with Crippen molar-refractivity contribution < 1.29 is 8.42 Å². The predicted octanol–water partition coefficient (Wildman–Crippen LogP) is 0.471. The molecule has 0 spiro atoms. The van der Waals surface area contributed by atoms with Gasteiger partial charge in [-0.15, -0.1) is 0 Å². The van der Waals surface area contributed by atoms with E-state index < -0.39 is 10.0 Å². The number of sulfonamides is 1. The molecule has 2 N–H and O–H groups in total. The van der Waals surface area contributed by atoms with Gasteiger partial charge in [-0.3, -0.25) is 5.10 Å². The molecule has 1 heterocycles. The zero-order chi connectivity index (χ0) is 9.90. The maximum absolute atomic E-state index is 11.4. The van der Waals surface area contributed by atoms with Gasteiger partial charge in [-0.2, -0.15) is 5.10 Å². The van der Waals surface area contributed by atoms with Crippen molar-refractivity contribution in [3.05, 3.63) is 12.3 Å². The van der Waals surface area contributed by atoms with Gasteiger partial charge in [0.1, 0.15) is 0 Å². The highest BCUT2D eigenvalue weighted by Crippen LogP contribution is 2.03. The van der Waals surface area contributed by atoms with E-state index in [2.05, 4.69) is 30.8 Å². The first-order valence-corrected chi connectivity index (χ1v) is 6.05. The second kappa shape index (κ2) is 4.21. The van der Waals surface area contributed by atoms with Gasteiger partial charge in [0.15, 0.2) is 5.03 Å². The van der Waals surface area contributed by atoms with Crippen LogP contribution in [0.1, 0.15) is 6.92 Å². The number of aromatic amines is 1. The average Bonchev–Trinajstić information content (AvgIpc) is 2.53. The molecule has 0 aliphatic carbocycles. The molecular weight excluding hydrogens is 258 g/mol. The topological polar surface area (TPSA) is 74.8 Å². The zero-order valence-electron chi connectivity index (χ0n) is 6.99. The van der Waals surface area contributed by atoms with Crippen molar-refractivity contribution in [3.8, 4) is 0 Å². The lowest BCUT2D eigenvalue weighted by molar-refractivity contribution is 0.577. The lowest BCUT2D eigenvalue weighted by Gasteiger charge is -2.05. The Hall–Kier alpha value is -0.400. The molecule has 1 unspecified atom stereocenters. The van der Waals surface area contributed by atoms with E-state index in [0.29, 0.717) is 6.54 Å². The third kappa shape index (κ3) is 3.09. The predicted molar refractivity (Wildman–Crippen MR) is 52.2 cm³/mol. The van der Waals surface area contributed by atoms with Gasteiger partial charge < -0.3 is 0 Å². The molecule has 1 atom stereocenters. The number of rotatable bonds is 4. The standard InChI is InChI=1S/C6H10BrN3O2S/c1-5(7)4-9-13(11,12)6-2-3-8-10-6/h2-3,5,9H,4H2,1H3,(H,8,10). The van der Waals surface area contributed by atoms with Gasteiger partial charge in [0.25, 0.3) is 10.0 Å². The van der Waals surface area contributed by atoms with Crippen molar-refractivity contribution in [1.82, 2.24) is 14.9 Å². The fraction of sp³-hybridized carbons (Fsp3) is 0.500. The van der Waals surface area contributed by atoms with Crippen molar-refractivity contribution in [1.29, 1.82) is 0 Å². The third-order valence-electron chi connectivity index (χ3n) is 1.32. The van der Waals surface area contributed by atoms with E-state index >= 15 is 0 Å². The lowest BCUT2D eigenvalue weighted by atomic mass is 10.5. The molecule has 0 aliphatic rings. The van der Waals surface area contributed by atoms with Crippen LogP contribution in [0.3, 0.4) is 0 Å². The lowest BCUT2D eigenvalue weighted by Crippen LogP contribution is -2.28. The summed E-state index contributed by atoms with van der Waals surface area (Å²) in [5.41, 5.74) is 0. The monoisotopic (exact) mass is 267 g/mol. The average molecular weight is 268 g/mol. The van der Waals surface area contributed by atoms with E-state index in [9.17, 15) is 8.42 Å². The van der Waals surface area contributed by atoms with E-state index in [1.54, 1.807) is 0 Å². The molecule has 0 saturated heterocycles. The molecule has 5 nitrogen and oxygen atoms in total. The SMILES string of the molecule is CC(Br)CNS(=O)(=O)c1ccn[nH]1. The first kappa shape index (κ1) is 10.7. The third-order valence-corrected chi connectivity index (χ3v) is 3.00. The number of nitrogens with one attached hydrogen (secondary N) is 2. The van der Waals surface area contributed by atoms with Gasteiger partial charge in [0.2, 0.25) is 0 Å². The molecule has 0 amide bonds. The molecular formula is C6H10BrN3O2S. The molecule has 1 aromatic heterocycles. The van der Waals surface area contributed by atoms with Crippen LogP contribution >= 0.6 is 15.9 Å². The summed E-state index contributed by atoms with van der Waals surface area (Å²) in [5, 5.41) is 6.03. The van der Waals surface area contributed by atoms with Crippen molar-refractivity contribution in [2.45, 2.75) is 16.8 Å². The maximum atomic E-state index is 11.4. The van der Waals surface area contributed by atoms with E-state index in [1.807, 2.05) is 6.92 Å². The van der Waals surface area contributed by atoms with Gasteiger partial charge in [0.05, 0.1) is 6.20 Å². The van der Waals surface area contributed by atoms with Crippen LogP contribution in [0.5, 0.6) is 0 Å². The largest absolute Gasteiger partial charge is 0.266 e. The van der Waals surface area contributed by atoms with Gasteiger partial charge in [-0.25, -0.2) is 13.1 Å². The minimum absolute atomic E-state index is 0.0839. The Balaban J connectivity index is 2.68. The van der Waals surface area contributed by atoms with Crippen LogP contribution < -0.4 is 4.72 Å². The first-order valence-electron chi connectivity index (χ1n) is 3.65. The van der Waals surface area contributed by atoms with E-state index in [1.165, 1.54) is 12.3 Å². The van der Waals surface area contributed by atoms with Crippen LogP contribution in [0.15, 0.2) is 17.3 Å². The molecule has 0 aliphatic heterocycles. The molecule has 0 fully saturated rings. The fourth-order valence-electron chi connectivity index (χ4n) is 0.695. The summed E-state index contributed by atoms with van der Waals surface area (Å²) in [6.45, 7) is 2.21. The highest BCUT2D eigenvalue weighted by Gasteiger charge is 2.14. The number of nitrogens with zero attached hydrogens (tertiary/aromatic N) is 1. The highest BCUT2D eigenvalue weighted by molar-refractivity contribution is 9.09. The molecule has 0 saturated carbocycles. The van der Waals surface area contributed by atoms with Crippen molar-refractivity contribution in [3.63, 3.8) is 0 Å². The second-order valence-electron chi connectivity index (χ2n) is 2.55. The summed E-state index contributed by atoms with van der Waals surface area (Å²) < 4.78 is 25.2. The van der Waals surface area contributed by atoms with Crippen LogP contribution in [-0.2, 0) is 10.0 Å². The Morgan fingerprint density at radius 1 is 1.77 bits per heavy atom. The normalized spacial score (nSPS) is 14.3. The minimum Gasteiger partial charge on any atom is -0.266 e. The molecule has 1 rings (SSSR count). The Kier molecular flexibility index (Phi) is 3.46. The van der Waals surface area contributed by atoms with Crippen molar-refractivity contribution in [2.24, 2.45) is 0 Å². The van der Waals surface area contributed by atoms with Gasteiger partial charge in [-0.05, 0) is 6.07 Å². The van der Waals surface area contributed by atoms with Crippen molar-refractivity contribution in [2.75, 3.05) is 6.54 Å². The van der Waals surface area contributed by atoms with Crippen LogP contribution in [0.4, 0.5) is 0 Å². The molecule has 0 bridgehead atoms. The number of halogens is 1. The number of H-pyrrole nitrogens is 1. The van der Waals surface area contributed by atoms with Crippen LogP contribution in [0.2, 0.25) is 0 Å². The fourth-order valence-corrected chi connectivity index (χ4v) is 2.11. The maximum Gasteiger partial charge on any atom is 0.257 e. The Labute approximate surface area is 85.1 Å². The number of aromatic nitrogens is 2. The van der Waals surface area contributed by atoms with E-state index in [0.717, 1.165) is 0 Å². The molecule has 0 radical (unpaired) electrons. The van der Waals surface area contributed by atoms with Crippen LogP contribution in [0.25, 0.3) is 0 Å². The Bertz CT molecular complexity index is 346. The molecule has 7 heteroatoms. The molecule has 13 heavy (non-hydrogen) atoms. The summed E-state index contributed by atoms with van der Waals surface area (Å²) in [6, 6.07) is 1.40. The smallest absolute Gasteiger partial charge is 0.257 e. The summed E-state index contributed by atoms with van der Waals surface area (Å²) in [7, 11) is -3.41. The quantitative estimate of drug-likeness (QED) is 0.779. The zero-order valence-corrected chi connectivity index (χ0v) is 9.39. The van der Waals surface area contributed by atoms with Gasteiger partial charge >= 0.3 is 0 Å². The second-order valence-corrected chi connectivity index (χ2v) is 5.85. The highest BCUT2D eigenvalue weighted by atomic mass is 79.9.